The molecular weight excluding hydrogens is 321 g/mol. The highest BCUT2D eigenvalue weighted by atomic mass is 35.5. The third kappa shape index (κ3) is 2.12. The smallest absolute Gasteiger partial charge is 0.341 e. The SMILES string of the molecule is O=C1OCc2nc3cc(O)ccc3c(-c3ccc(Cl)c(F)c3)c21. The van der Waals surface area contributed by atoms with Crippen molar-refractivity contribution in [3.8, 4) is 16.9 Å². The monoisotopic (exact) mass is 329 g/mol. The third-order valence-corrected chi connectivity index (χ3v) is 4.10. The highest BCUT2D eigenvalue weighted by Gasteiger charge is 2.29. The average Bonchev–Trinajstić information content (AvgIpc) is 2.89. The van der Waals surface area contributed by atoms with Gasteiger partial charge in [0.2, 0.25) is 0 Å². The maximum Gasteiger partial charge on any atom is 0.341 e. The molecular formula is C17H9ClFNO3. The Morgan fingerprint density at radius 1 is 1.17 bits per heavy atom. The molecule has 4 nitrogen and oxygen atoms in total. The average molecular weight is 330 g/mol. The second kappa shape index (κ2) is 4.93. The number of nitrogens with zero attached hydrogens (tertiary/aromatic N) is 1. The maximum absolute atomic E-state index is 13.9. The zero-order valence-electron chi connectivity index (χ0n) is 11.6. The third-order valence-electron chi connectivity index (χ3n) is 3.80. The van der Waals surface area contributed by atoms with E-state index < -0.39 is 11.8 Å². The molecule has 2 heterocycles. The van der Waals surface area contributed by atoms with Gasteiger partial charge in [-0.25, -0.2) is 14.2 Å². The molecule has 6 heteroatoms. The number of cyclic esters (lactones) is 1. The number of hydrogen-bond donors (Lipinski definition) is 1. The molecule has 0 amide bonds. The lowest BCUT2D eigenvalue weighted by molar-refractivity contribution is 0.0534. The van der Waals surface area contributed by atoms with Crippen LogP contribution >= 0.6 is 11.6 Å². The van der Waals surface area contributed by atoms with Crippen LogP contribution in [0, 0.1) is 5.82 Å². The number of pyridine rings is 1. The van der Waals surface area contributed by atoms with E-state index in [1.165, 1.54) is 24.3 Å². The van der Waals surface area contributed by atoms with Crippen LogP contribution in [0.25, 0.3) is 22.0 Å². The van der Waals surface area contributed by atoms with Crippen molar-refractivity contribution < 1.29 is 19.0 Å². The molecule has 0 aliphatic carbocycles. The van der Waals surface area contributed by atoms with E-state index >= 15 is 0 Å². The van der Waals surface area contributed by atoms with E-state index in [2.05, 4.69) is 4.98 Å². The van der Waals surface area contributed by atoms with Gasteiger partial charge in [-0.3, -0.25) is 0 Å². The number of benzene rings is 2. The van der Waals surface area contributed by atoms with Crippen LogP contribution in [0.2, 0.25) is 5.02 Å². The molecule has 1 aromatic heterocycles. The number of ether oxygens (including phenoxy) is 1. The van der Waals surface area contributed by atoms with Crippen molar-refractivity contribution in [3.63, 3.8) is 0 Å². The first-order valence-corrected chi connectivity index (χ1v) is 7.20. The number of halogens is 2. The van der Waals surface area contributed by atoms with Gasteiger partial charge in [-0.1, -0.05) is 17.7 Å². The largest absolute Gasteiger partial charge is 0.508 e. The van der Waals surface area contributed by atoms with E-state index in [1.54, 1.807) is 12.1 Å². The quantitative estimate of drug-likeness (QED) is 0.684. The summed E-state index contributed by atoms with van der Waals surface area (Å²) in [5.41, 5.74) is 2.33. The van der Waals surface area contributed by atoms with Gasteiger partial charge in [0.1, 0.15) is 18.2 Å². The van der Waals surface area contributed by atoms with E-state index in [0.717, 1.165) is 0 Å². The van der Waals surface area contributed by atoms with Gasteiger partial charge in [-0.15, -0.1) is 0 Å². The molecule has 23 heavy (non-hydrogen) atoms. The number of phenols is 1. The zero-order chi connectivity index (χ0) is 16.1. The molecule has 0 fully saturated rings. The summed E-state index contributed by atoms with van der Waals surface area (Å²) in [7, 11) is 0. The minimum atomic E-state index is -0.576. The van der Waals surface area contributed by atoms with Crippen molar-refractivity contribution in [3.05, 3.63) is 58.5 Å². The van der Waals surface area contributed by atoms with Gasteiger partial charge >= 0.3 is 5.97 Å². The first-order chi connectivity index (χ1) is 11.0. The fourth-order valence-corrected chi connectivity index (χ4v) is 2.90. The molecule has 0 bridgehead atoms. The lowest BCUT2D eigenvalue weighted by atomic mass is 9.94. The van der Waals surface area contributed by atoms with Crippen LogP contribution in [0.15, 0.2) is 36.4 Å². The van der Waals surface area contributed by atoms with E-state index in [4.69, 9.17) is 16.3 Å². The molecule has 0 radical (unpaired) electrons. The summed E-state index contributed by atoms with van der Waals surface area (Å²) in [6.45, 7) is 0.0584. The summed E-state index contributed by atoms with van der Waals surface area (Å²) in [5.74, 6) is -1.01. The highest BCUT2D eigenvalue weighted by Crippen LogP contribution is 2.38. The van der Waals surface area contributed by atoms with Crippen molar-refractivity contribution in [1.29, 1.82) is 0 Å². The number of esters is 1. The van der Waals surface area contributed by atoms with Crippen molar-refractivity contribution in [2.24, 2.45) is 0 Å². The molecule has 0 atom stereocenters. The standard InChI is InChI=1S/C17H9ClFNO3/c18-11-4-1-8(5-12(11)19)15-10-3-2-9(21)6-13(10)20-14-7-23-17(22)16(14)15/h1-6,21H,7H2. The summed E-state index contributed by atoms with van der Waals surface area (Å²) >= 11 is 5.74. The minimum absolute atomic E-state index is 0.00368. The van der Waals surface area contributed by atoms with Crippen molar-refractivity contribution in [2.75, 3.05) is 0 Å². The molecule has 0 spiro atoms. The van der Waals surface area contributed by atoms with E-state index in [9.17, 15) is 14.3 Å². The molecule has 0 unspecified atom stereocenters. The Bertz CT molecular complexity index is 987. The minimum Gasteiger partial charge on any atom is -0.508 e. The Morgan fingerprint density at radius 2 is 2.00 bits per heavy atom. The number of rotatable bonds is 1. The van der Waals surface area contributed by atoms with Crippen molar-refractivity contribution >= 4 is 28.5 Å². The van der Waals surface area contributed by atoms with Crippen molar-refractivity contribution in [2.45, 2.75) is 6.61 Å². The van der Waals surface area contributed by atoms with Crippen LogP contribution in [-0.2, 0) is 11.3 Å². The lowest BCUT2D eigenvalue weighted by Crippen LogP contribution is -2.00. The molecule has 0 saturated carbocycles. The van der Waals surface area contributed by atoms with Crippen LogP contribution in [0.4, 0.5) is 4.39 Å². The molecule has 1 aliphatic rings. The maximum atomic E-state index is 13.9. The Hall–Kier alpha value is -2.66. The Balaban J connectivity index is 2.13. The number of carbonyl (C=O) groups excluding carboxylic acids is 1. The number of fused-ring (bicyclic) bond motifs is 2. The highest BCUT2D eigenvalue weighted by molar-refractivity contribution is 6.30. The molecule has 114 valence electrons. The summed E-state index contributed by atoms with van der Waals surface area (Å²) in [4.78, 5) is 16.5. The van der Waals surface area contributed by atoms with Gasteiger partial charge in [0.05, 0.1) is 21.8 Å². The second-order valence-electron chi connectivity index (χ2n) is 5.21. The molecule has 2 aromatic carbocycles. The zero-order valence-corrected chi connectivity index (χ0v) is 12.4. The summed E-state index contributed by atoms with van der Waals surface area (Å²) in [5, 5.41) is 10.3. The predicted molar refractivity (Wildman–Crippen MR) is 82.9 cm³/mol. The van der Waals surface area contributed by atoms with Gasteiger partial charge in [0.15, 0.2) is 0 Å². The Morgan fingerprint density at radius 3 is 2.78 bits per heavy atom. The van der Waals surface area contributed by atoms with Crippen LogP contribution in [0.5, 0.6) is 5.75 Å². The first kappa shape index (κ1) is 14.0. The number of carbonyl (C=O) groups is 1. The summed E-state index contributed by atoms with van der Waals surface area (Å²) < 4.78 is 18.9. The Kier molecular flexibility index (Phi) is 2.99. The van der Waals surface area contributed by atoms with E-state index in [1.807, 2.05) is 0 Å². The van der Waals surface area contributed by atoms with Crippen LogP contribution in [-0.4, -0.2) is 16.1 Å². The number of hydrogen-bond acceptors (Lipinski definition) is 4. The fourth-order valence-electron chi connectivity index (χ4n) is 2.79. The molecule has 1 N–H and O–H groups in total. The van der Waals surface area contributed by atoms with E-state index in [-0.39, 0.29) is 17.4 Å². The predicted octanol–water partition coefficient (Wildman–Crippen LogP) is 4.07. The summed E-state index contributed by atoms with van der Waals surface area (Å²) in [6, 6.07) is 8.98. The van der Waals surface area contributed by atoms with Gasteiger partial charge in [0.25, 0.3) is 0 Å². The van der Waals surface area contributed by atoms with Gasteiger partial charge in [-0.2, -0.15) is 0 Å². The Labute approximate surface area is 135 Å². The number of aromatic nitrogens is 1. The van der Waals surface area contributed by atoms with Crippen LogP contribution in [0.1, 0.15) is 16.1 Å². The van der Waals surface area contributed by atoms with Crippen LogP contribution in [0.3, 0.4) is 0 Å². The summed E-state index contributed by atoms with van der Waals surface area (Å²) in [6.07, 6.45) is 0. The molecule has 1 aliphatic heterocycles. The van der Waals surface area contributed by atoms with Crippen molar-refractivity contribution in [1.82, 2.24) is 4.98 Å². The van der Waals surface area contributed by atoms with Gasteiger partial charge in [-0.05, 0) is 29.8 Å². The topological polar surface area (TPSA) is 59.4 Å². The first-order valence-electron chi connectivity index (χ1n) is 6.83. The molecule has 3 aromatic rings. The normalized spacial score (nSPS) is 13.2. The second-order valence-corrected chi connectivity index (χ2v) is 5.62. The number of phenolic OH excluding ortho intramolecular Hbond substituents is 1. The van der Waals surface area contributed by atoms with Gasteiger partial charge < -0.3 is 9.84 Å². The van der Waals surface area contributed by atoms with Crippen LogP contribution < -0.4 is 0 Å². The number of aromatic hydroxyl groups is 1. The lowest BCUT2D eigenvalue weighted by Gasteiger charge is -2.11. The van der Waals surface area contributed by atoms with Gasteiger partial charge in [0, 0.05) is 17.0 Å². The van der Waals surface area contributed by atoms with E-state index in [0.29, 0.717) is 33.3 Å². The molecule has 0 saturated heterocycles. The molecule has 4 rings (SSSR count). The fraction of sp³-hybridized carbons (Fsp3) is 0.0588.